The molecule has 0 amide bonds. The van der Waals surface area contributed by atoms with Crippen molar-refractivity contribution >= 4 is 35.8 Å². The summed E-state index contributed by atoms with van der Waals surface area (Å²) < 4.78 is 7.75. The third-order valence-electron chi connectivity index (χ3n) is 4.44. The van der Waals surface area contributed by atoms with Crippen LogP contribution in [-0.2, 0) is 18.3 Å². The van der Waals surface area contributed by atoms with E-state index in [1.54, 1.807) is 4.68 Å². The lowest BCUT2D eigenvalue weighted by molar-refractivity contribution is -0.00805. The highest BCUT2D eigenvalue weighted by molar-refractivity contribution is 14.0. The SMILES string of the molecule is CCNC(=NCc1cccc(N(C)C)n1)N1CCOC(c2cnn(C)c2)C1.I. The molecule has 0 aliphatic carbocycles. The van der Waals surface area contributed by atoms with E-state index in [-0.39, 0.29) is 30.1 Å². The standard InChI is InChI=1S/C19H29N7O.HI/c1-5-20-19(21-12-16-7-6-8-18(23-16)24(2)3)26-9-10-27-17(14-26)15-11-22-25(4)13-15;/h6-8,11,13,17H,5,9-10,12,14H2,1-4H3,(H,20,21);1H. The second-order valence-electron chi connectivity index (χ2n) is 6.80. The maximum Gasteiger partial charge on any atom is 0.194 e. The molecule has 0 saturated carbocycles. The molecule has 2 aromatic rings. The first-order chi connectivity index (χ1) is 13.1. The van der Waals surface area contributed by atoms with Gasteiger partial charge >= 0.3 is 0 Å². The fourth-order valence-corrected chi connectivity index (χ4v) is 3.04. The number of ether oxygens (including phenoxy) is 1. The highest BCUT2D eigenvalue weighted by Crippen LogP contribution is 2.21. The molecule has 1 saturated heterocycles. The number of morpholine rings is 1. The minimum absolute atomic E-state index is 0. The zero-order valence-corrected chi connectivity index (χ0v) is 19.3. The van der Waals surface area contributed by atoms with E-state index in [1.807, 2.05) is 56.6 Å². The molecule has 154 valence electrons. The van der Waals surface area contributed by atoms with E-state index >= 15 is 0 Å². The van der Waals surface area contributed by atoms with Crippen LogP contribution in [0.25, 0.3) is 0 Å². The minimum Gasteiger partial charge on any atom is -0.370 e. The number of aromatic nitrogens is 3. The van der Waals surface area contributed by atoms with Gasteiger partial charge in [-0.3, -0.25) is 4.68 Å². The van der Waals surface area contributed by atoms with Crippen LogP contribution in [-0.4, -0.2) is 66.0 Å². The van der Waals surface area contributed by atoms with Crippen LogP contribution in [0.15, 0.2) is 35.6 Å². The van der Waals surface area contributed by atoms with Crippen molar-refractivity contribution in [3.05, 3.63) is 41.9 Å². The average Bonchev–Trinajstić information content (AvgIpc) is 3.12. The van der Waals surface area contributed by atoms with Gasteiger partial charge in [0.1, 0.15) is 11.9 Å². The van der Waals surface area contributed by atoms with E-state index in [2.05, 4.69) is 27.2 Å². The molecule has 1 aliphatic rings. The van der Waals surface area contributed by atoms with Gasteiger partial charge in [-0.1, -0.05) is 6.07 Å². The molecule has 1 N–H and O–H groups in total. The molecule has 0 radical (unpaired) electrons. The number of hydrogen-bond acceptors (Lipinski definition) is 5. The summed E-state index contributed by atoms with van der Waals surface area (Å²) in [6.45, 7) is 5.67. The van der Waals surface area contributed by atoms with Crippen molar-refractivity contribution in [2.24, 2.45) is 12.0 Å². The molecule has 1 aliphatic heterocycles. The summed E-state index contributed by atoms with van der Waals surface area (Å²) in [7, 11) is 5.90. The molecule has 1 unspecified atom stereocenters. The number of guanidine groups is 1. The normalized spacial score (nSPS) is 17.2. The largest absolute Gasteiger partial charge is 0.370 e. The molecule has 0 aromatic carbocycles. The molecule has 3 heterocycles. The van der Waals surface area contributed by atoms with E-state index in [0.29, 0.717) is 13.2 Å². The van der Waals surface area contributed by atoms with Gasteiger partial charge in [-0.2, -0.15) is 5.10 Å². The molecular weight excluding hydrogens is 469 g/mol. The van der Waals surface area contributed by atoms with Gasteiger partial charge in [-0.25, -0.2) is 9.98 Å². The van der Waals surface area contributed by atoms with Crippen LogP contribution >= 0.6 is 24.0 Å². The van der Waals surface area contributed by atoms with Crippen molar-refractivity contribution in [1.82, 2.24) is 25.0 Å². The summed E-state index contributed by atoms with van der Waals surface area (Å²) >= 11 is 0. The van der Waals surface area contributed by atoms with E-state index in [1.165, 1.54) is 0 Å². The summed E-state index contributed by atoms with van der Waals surface area (Å²) in [5.41, 5.74) is 2.05. The quantitative estimate of drug-likeness (QED) is 0.386. The summed E-state index contributed by atoms with van der Waals surface area (Å²) in [4.78, 5) is 13.7. The zero-order chi connectivity index (χ0) is 19.2. The van der Waals surface area contributed by atoms with Crippen molar-refractivity contribution in [2.45, 2.75) is 19.6 Å². The summed E-state index contributed by atoms with van der Waals surface area (Å²) in [6, 6.07) is 6.03. The van der Waals surface area contributed by atoms with Crippen LogP contribution in [0.2, 0.25) is 0 Å². The highest BCUT2D eigenvalue weighted by atomic mass is 127. The van der Waals surface area contributed by atoms with Crippen molar-refractivity contribution in [3.8, 4) is 0 Å². The number of nitrogens with zero attached hydrogens (tertiary/aromatic N) is 6. The summed E-state index contributed by atoms with van der Waals surface area (Å²) in [5, 5.41) is 7.66. The molecule has 2 aromatic heterocycles. The molecule has 0 spiro atoms. The second kappa shape index (κ2) is 10.6. The predicted molar refractivity (Wildman–Crippen MR) is 122 cm³/mol. The Bertz CT molecular complexity index is 777. The van der Waals surface area contributed by atoms with Crippen molar-refractivity contribution in [1.29, 1.82) is 0 Å². The number of nitrogens with one attached hydrogen (secondary N) is 1. The average molecular weight is 499 g/mol. The first-order valence-electron chi connectivity index (χ1n) is 9.33. The first-order valence-corrected chi connectivity index (χ1v) is 9.33. The molecule has 28 heavy (non-hydrogen) atoms. The van der Waals surface area contributed by atoms with Gasteiger partial charge in [0.15, 0.2) is 5.96 Å². The number of anilines is 1. The van der Waals surface area contributed by atoms with Crippen LogP contribution in [0.1, 0.15) is 24.3 Å². The van der Waals surface area contributed by atoms with E-state index in [0.717, 1.165) is 42.7 Å². The van der Waals surface area contributed by atoms with Crippen LogP contribution in [0.5, 0.6) is 0 Å². The maximum absolute atomic E-state index is 5.95. The Morgan fingerprint density at radius 1 is 1.39 bits per heavy atom. The van der Waals surface area contributed by atoms with E-state index in [4.69, 9.17) is 9.73 Å². The smallest absolute Gasteiger partial charge is 0.194 e. The number of hydrogen-bond donors (Lipinski definition) is 1. The molecule has 3 rings (SSSR count). The Kier molecular flexibility index (Phi) is 8.49. The Balaban J connectivity index is 0.00000280. The molecular formula is C19H30IN7O. The monoisotopic (exact) mass is 499 g/mol. The van der Waals surface area contributed by atoms with Crippen molar-refractivity contribution in [3.63, 3.8) is 0 Å². The van der Waals surface area contributed by atoms with E-state index < -0.39 is 0 Å². The van der Waals surface area contributed by atoms with Crippen LogP contribution < -0.4 is 10.2 Å². The van der Waals surface area contributed by atoms with Crippen molar-refractivity contribution < 1.29 is 4.74 Å². The van der Waals surface area contributed by atoms with E-state index in [9.17, 15) is 0 Å². The number of aliphatic imine (C=N–C) groups is 1. The van der Waals surface area contributed by atoms with Crippen LogP contribution in [0.3, 0.4) is 0 Å². The lowest BCUT2D eigenvalue weighted by Gasteiger charge is -2.34. The van der Waals surface area contributed by atoms with Gasteiger partial charge in [0.05, 0.1) is 31.6 Å². The van der Waals surface area contributed by atoms with Gasteiger partial charge in [0.2, 0.25) is 0 Å². The Hall–Kier alpha value is -1.88. The van der Waals surface area contributed by atoms with Gasteiger partial charge in [0, 0.05) is 46.0 Å². The fraction of sp³-hybridized carbons (Fsp3) is 0.526. The van der Waals surface area contributed by atoms with Gasteiger partial charge in [0.25, 0.3) is 0 Å². The topological polar surface area (TPSA) is 70.8 Å². The van der Waals surface area contributed by atoms with Crippen molar-refractivity contribution in [2.75, 3.05) is 45.2 Å². The predicted octanol–water partition coefficient (Wildman–Crippen LogP) is 2.04. The Morgan fingerprint density at radius 2 is 2.21 bits per heavy atom. The third-order valence-corrected chi connectivity index (χ3v) is 4.44. The number of rotatable bonds is 5. The second-order valence-corrected chi connectivity index (χ2v) is 6.80. The van der Waals surface area contributed by atoms with Gasteiger partial charge in [-0.15, -0.1) is 24.0 Å². The Labute approximate surface area is 184 Å². The highest BCUT2D eigenvalue weighted by Gasteiger charge is 2.25. The van der Waals surface area contributed by atoms with Crippen LogP contribution in [0, 0.1) is 0 Å². The number of pyridine rings is 1. The molecule has 1 atom stereocenters. The lowest BCUT2D eigenvalue weighted by atomic mass is 10.1. The third kappa shape index (κ3) is 5.81. The number of aryl methyl sites for hydroxylation is 1. The molecule has 8 nitrogen and oxygen atoms in total. The summed E-state index contributed by atoms with van der Waals surface area (Å²) in [5.74, 6) is 1.84. The Morgan fingerprint density at radius 3 is 2.89 bits per heavy atom. The molecule has 9 heteroatoms. The fourth-order valence-electron chi connectivity index (χ4n) is 3.04. The molecule has 1 fully saturated rings. The minimum atomic E-state index is 0. The molecule has 0 bridgehead atoms. The lowest BCUT2D eigenvalue weighted by Crippen LogP contribution is -2.48. The number of halogens is 1. The van der Waals surface area contributed by atoms with Gasteiger partial charge in [-0.05, 0) is 19.1 Å². The summed E-state index contributed by atoms with van der Waals surface area (Å²) in [6.07, 6.45) is 3.88. The van der Waals surface area contributed by atoms with Crippen LogP contribution in [0.4, 0.5) is 5.82 Å². The zero-order valence-electron chi connectivity index (χ0n) is 17.0. The first kappa shape index (κ1) is 22.4. The maximum atomic E-state index is 5.95. The van der Waals surface area contributed by atoms with Gasteiger partial charge < -0.3 is 19.9 Å².